The molecule has 0 aliphatic rings. The van der Waals surface area contributed by atoms with E-state index >= 15 is 0 Å². The van der Waals surface area contributed by atoms with E-state index in [0.717, 1.165) is 0 Å². The first kappa shape index (κ1) is 12.7. The van der Waals surface area contributed by atoms with Gasteiger partial charge < -0.3 is 20.9 Å². The van der Waals surface area contributed by atoms with Crippen LogP contribution >= 0.6 is 0 Å². The van der Waals surface area contributed by atoms with Gasteiger partial charge in [-0.25, -0.2) is 9.59 Å². The maximum Gasteiger partial charge on any atom is 0.407 e. The minimum absolute atomic E-state index is 0.217. The summed E-state index contributed by atoms with van der Waals surface area (Å²) in [6.45, 7) is 2.26. The number of carbonyl (C=O) groups is 2. The van der Waals surface area contributed by atoms with Crippen LogP contribution in [0, 0.1) is 0 Å². The van der Waals surface area contributed by atoms with Crippen molar-refractivity contribution in [1.82, 2.24) is 5.32 Å². The number of carboxylic acids is 1. The minimum atomic E-state index is -1.08. The molecular formula is C8H16N2O4. The Labute approximate surface area is 82.4 Å². The fourth-order valence-corrected chi connectivity index (χ4v) is 0.894. The van der Waals surface area contributed by atoms with Crippen molar-refractivity contribution in [2.24, 2.45) is 5.73 Å². The van der Waals surface area contributed by atoms with E-state index in [1.54, 1.807) is 6.92 Å². The predicted molar refractivity (Wildman–Crippen MR) is 49.9 cm³/mol. The van der Waals surface area contributed by atoms with Gasteiger partial charge in [-0.05, 0) is 26.3 Å². The van der Waals surface area contributed by atoms with E-state index in [-0.39, 0.29) is 6.61 Å². The maximum absolute atomic E-state index is 10.9. The summed E-state index contributed by atoms with van der Waals surface area (Å²) >= 11 is 0. The highest BCUT2D eigenvalue weighted by Crippen LogP contribution is 1.97. The molecular weight excluding hydrogens is 188 g/mol. The number of carboxylic acid groups (broad SMARTS) is 1. The zero-order valence-corrected chi connectivity index (χ0v) is 8.16. The largest absolute Gasteiger partial charge is 0.480 e. The molecule has 14 heavy (non-hydrogen) atoms. The molecule has 0 rings (SSSR count). The number of rotatable bonds is 6. The van der Waals surface area contributed by atoms with Crippen molar-refractivity contribution < 1.29 is 19.4 Å². The molecule has 0 aliphatic carbocycles. The zero-order valence-electron chi connectivity index (χ0n) is 8.16. The molecule has 0 aliphatic heterocycles. The van der Waals surface area contributed by atoms with Crippen molar-refractivity contribution in [1.29, 1.82) is 0 Å². The predicted octanol–water partition coefficient (Wildman–Crippen LogP) is -0.0754. The van der Waals surface area contributed by atoms with Gasteiger partial charge in [-0.2, -0.15) is 0 Å². The molecule has 0 aromatic rings. The van der Waals surface area contributed by atoms with Crippen molar-refractivity contribution in [3.05, 3.63) is 0 Å². The lowest BCUT2D eigenvalue weighted by Gasteiger charge is -2.13. The number of amides is 1. The quantitative estimate of drug-likeness (QED) is 0.562. The molecule has 0 spiro atoms. The summed E-state index contributed by atoms with van der Waals surface area (Å²) in [5.41, 5.74) is 5.23. The Hall–Kier alpha value is -1.30. The third-order valence-electron chi connectivity index (χ3n) is 1.56. The van der Waals surface area contributed by atoms with Crippen LogP contribution in [0.15, 0.2) is 0 Å². The Morgan fingerprint density at radius 1 is 1.57 bits per heavy atom. The SMILES string of the molecule is CCOC(=O)N[C@H](CCCN)C(=O)O. The van der Waals surface area contributed by atoms with Gasteiger partial charge in [-0.15, -0.1) is 0 Å². The maximum atomic E-state index is 10.9. The van der Waals surface area contributed by atoms with E-state index in [1.807, 2.05) is 0 Å². The molecule has 4 N–H and O–H groups in total. The van der Waals surface area contributed by atoms with Crippen LogP contribution in [0.25, 0.3) is 0 Å². The lowest BCUT2D eigenvalue weighted by Crippen LogP contribution is -2.41. The van der Waals surface area contributed by atoms with E-state index in [9.17, 15) is 9.59 Å². The van der Waals surface area contributed by atoms with Crippen LogP contribution < -0.4 is 11.1 Å². The highest BCUT2D eigenvalue weighted by atomic mass is 16.5. The van der Waals surface area contributed by atoms with Crippen molar-refractivity contribution in [2.75, 3.05) is 13.2 Å². The Balaban J connectivity index is 3.95. The first-order valence-electron chi connectivity index (χ1n) is 4.48. The van der Waals surface area contributed by atoms with Gasteiger partial charge in [0.25, 0.3) is 0 Å². The van der Waals surface area contributed by atoms with Gasteiger partial charge in [0.1, 0.15) is 6.04 Å². The van der Waals surface area contributed by atoms with Crippen LogP contribution in [0.3, 0.4) is 0 Å². The monoisotopic (exact) mass is 204 g/mol. The average Bonchev–Trinajstić information content (AvgIpc) is 2.12. The Morgan fingerprint density at radius 2 is 2.21 bits per heavy atom. The molecule has 0 aromatic heterocycles. The number of hydrogen-bond donors (Lipinski definition) is 3. The normalized spacial score (nSPS) is 11.9. The molecule has 0 fully saturated rings. The second-order valence-electron chi connectivity index (χ2n) is 2.69. The second-order valence-corrected chi connectivity index (χ2v) is 2.69. The molecule has 1 atom stereocenters. The number of aliphatic carboxylic acids is 1. The number of hydrogen-bond acceptors (Lipinski definition) is 4. The molecule has 0 radical (unpaired) electrons. The Morgan fingerprint density at radius 3 is 2.64 bits per heavy atom. The van der Waals surface area contributed by atoms with Crippen LogP contribution in [-0.2, 0) is 9.53 Å². The highest BCUT2D eigenvalue weighted by molar-refractivity contribution is 5.79. The van der Waals surface area contributed by atoms with Gasteiger partial charge in [-0.1, -0.05) is 0 Å². The molecule has 82 valence electrons. The van der Waals surface area contributed by atoms with Gasteiger partial charge in [-0.3, -0.25) is 0 Å². The smallest absolute Gasteiger partial charge is 0.407 e. The highest BCUT2D eigenvalue weighted by Gasteiger charge is 2.19. The van der Waals surface area contributed by atoms with Gasteiger partial charge >= 0.3 is 12.1 Å². The van der Waals surface area contributed by atoms with Gasteiger partial charge in [0.05, 0.1) is 6.61 Å². The summed E-state index contributed by atoms with van der Waals surface area (Å²) in [7, 11) is 0. The van der Waals surface area contributed by atoms with Gasteiger partial charge in [0, 0.05) is 0 Å². The summed E-state index contributed by atoms with van der Waals surface area (Å²) in [6, 6.07) is -0.919. The van der Waals surface area contributed by atoms with Crippen LogP contribution in [0.4, 0.5) is 4.79 Å². The third-order valence-corrected chi connectivity index (χ3v) is 1.56. The van der Waals surface area contributed by atoms with Crippen molar-refractivity contribution in [3.8, 4) is 0 Å². The van der Waals surface area contributed by atoms with Gasteiger partial charge in [0.15, 0.2) is 0 Å². The summed E-state index contributed by atoms with van der Waals surface area (Å²) in [5.74, 6) is -1.08. The van der Waals surface area contributed by atoms with Crippen molar-refractivity contribution >= 4 is 12.1 Å². The van der Waals surface area contributed by atoms with E-state index in [2.05, 4.69) is 10.1 Å². The first-order chi connectivity index (χ1) is 6.61. The molecule has 0 saturated heterocycles. The van der Waals surface area contributed by atoms with Crippen LogP contribution in [0.2, 0.25) is 0 Å². The Kier molecular flexibility index (Phi) is 6.47. The summed E-state index contributed by atoms with van der Waals surface area (Å²) in [5, 5.41) is 10.9. The average molecular weight is 204 g/mol. The number of nitrogens with two attached hydrogens (primary N) is 1. The standard InChI is InChI=1S/C8H16N2O4/c1-2-14-8(13)10-6(7(11)12)4-3-5-9/h6H,2-5,9H2,1H3,(H,10,13)(H,11,12)/t6-/m1/s1. The number of alkyl carbamates (subject to hydrolysis) is 1. The molecule has 0 aromatic carbocycles. The summed E-state index contributed by atoms with van der Waals surface area (Å²) in [6.07, 6.45) is 0.144. The molecule has 0 bridgehead atoms. The fraction of sp³-hybridized carbons (Fsp3) is 0.750. The molecule has 6 heteroatoms. The molecule has 0 unspecified atom stereocenters. The third kappa shape index (κ3) is 5.36. The van der Waals surface area contributed by atoms with Crippen LogP contribution in [-0.4, -0.2) is 36.4 Å². The van der Waals surface area contributed by atoms with Crippen molar-refractivity contribution in [2.45, 2.75) is 25.8 Å². The number of carbonyl (C=O) groups excluding carboxylic acids is 1. The van der Waals surface area contributed by atoms with Crippen LogP contribution in [0.1, 0.15) is 19.8 Å². The minimum Gasteiger partial charge on any atom is -0.480 e. The zero-order chi connectivity index (χ0) is 11.0. The fourth-order valence-electron chi connectivity index (χ4n) is 0.894. The second kappa shape index (κ2) is 7.14. The lowest BCUT2D eigenvalue weighted by molar-refractivity contribution is -0.139. The van der Waals surface area contributed by atoms with E-state index in [1.165, 1.54) is 0 Å². The number of ether oxygens (including phenoxy) is 1. The number of nitrogens with one attached hydrogen (secondary N) is 1. The molecule has 0 heterocycles. The molecule has 0 saturated carbocycles. The van der Waals surface area contributed by atoms with Crippen molar-refractivity contribution in [3.63, 3.8) is 0 Å². The Bertz CT molecular complexity index is 196. The van der Waals surface area contributed by atoms with E-state index in [4.69, 9.17) is 10.8 Å². The summed E-state index contributed by atoms with van der Waals surface area (Å²) in [4.78, 5) is 21.5. The molecule has 1 amide bonds. The van der Waals surface area contributed by atoms with E-state index in [0.29, 0.717) is 19.4 Å². The van der Waals surface area contributed by atoms with Crippen LogP contribution in [0.5, 0.6) is 0 Å². The lowest BCUT2D eigenvalue weighted by atomic mass is 10.1. The van der Waals surface area contributed by atoms with Gasteiger partial charge in [0.2, 0.25) is 0 Å². The molecule has 6 nitrogen and oxygen atoms in total. The summed E-state index contributed by atoms with van der Waals surface area (Å²) < 4.78 is 4.56. The first-order valence-corrected chi connectivity index (χ1v) is 4.48. The van der Waals surface area contributed by atoms with E-state index < -0.39 is 18.1 Å². The topological polar surface area (TPSA) is 102 Å².